The van der Waals surface area contributed by atoms with Gasteiger partial charge in [0.15, 0.2) is 0 Å². The lowest BCUT2D eigenvalue weighted by atomic mass is 10.1. The normalized spacial score (nSPS) is 10.2. The van der Waals surface area contributed by atoms with Crippen LogP contribution in [0.2, 0.25) is 0 Å². The largest absolute Gasteiger partial charge is 0.351 e. The minimum Gasteiger partial charge on any atom is -0.351 e. The molecule has 0 saturated heterocycles. The first-order valence-electron chi connectivity index (χ1n) is 4.23. The molecule has 0 aliphatic carbocycles. The average molecular weight is 158 g/mol. The standard InChI is InChI=1S/C8H18N2O/c1-4-7(5-2)10(6-3)8(9)11/h7H,4-6H2,1-3H3,(H2,9,11). The lowest BCUT2D eigenvalue weighted by Gasteiger charge is -2.27. The molecule has 3 heteroatoms. The third-order valence-electron chi connectivity index (χ3n) is 2.01. The van der Waals surface area contributed by atoms with Crippen LogP contribution in [-0.4, -0.2) is 23.5 Å². The summed E-state index contributed by atoms with van der Waals surface area (Å²) < 4.78 is 0. The smallest absolute Gasteiger partial charge is 0.315 e. The van der Waals surface area contributed by atoms with E-state index in [9.17, 15) is 4.79 Å². The second kappa shape index (κ2) is 4.99. The van der Waals surface area contributed by atoms with Crippen LogP contribution in [0, 0.1) is 0 Å². The Morgan fingerprint density at radius 1 is 1.36 bits per heavy atom. The van der Waals surface area contributed by atoms with Crippen molar-refractivity contribution in [2.75, 3.05) is 6.54 Å². The first kappa shape index (κ1) is 10.3. The monoisotopic (exact) mass is 158 g/mol. The lowest BCUT2D eigenvalue weighted by molar-refractivity contribution is 0.183. The van der Waals surface area contributed by atoms with Crippen molar-refractivity contribution in [2.45, 2.75) is 39.7 Å². The zero-order valence-corrected chi connectivity index (χ0v) is 7.63. The minimum absolute atomic E-state index is 0.304. The molecule has 0 unspecified atom stereocenters. The van der Waals surface area contributed by atoms with E-state index in [-0.39, 0.29) is 6.03 Å². The van der Waals surface area contributed by atoms with E-state index in [1.165, 1.54) is 0 Å². The number of hydrogen-bond acceptors (Lipinski definition) is 1. The summed E-state index contributed by atoms with van der Waals surface area (Å²) in [5.41, 5.74) is 5.19. The van der Waals surface area contributed by atoms with E-state index in [0.29, 0.717) is 12.6 Å². The predicted octanol–water partition coefficient (Wildman–Crippen LogP) is 1.58. The molecule has 0 fully saturated rings. The Labute approximate surface area is 68.6 Å². The molecule has 2 N–H and O–H groups in total. The summed E-state index contributed by atoms with van der Waals surface area (Å²) in [6.45, 7) is 6.80. The maximum atomic E-state index is 10.8. The second-order valence-corrected chi connectivity index (χ2v) is 2.59. The first-order chi connectivity index (χ1) is 5.17. The molecule has 0 spiro atoms. The highest BCUT2D eigenvalue weighted by Crippen LogP contribution is 2.06. The van der Waals surface area contributed by atoms with Crippen molar-refractivity contribution < 1.29 is 4.79 Å². The third kappa shape index (κ3) is 2.78. The molecule has 0 saturated carbocycles. The van der Waals surface area contributed by atoms with E-state index >= 15 is 0 Å². The van der Waals surface area contributed by atoms with Crippen LogP contribution in [0.15, 0.2) is 0 Å². The Bertz CT molecular complexity index is 121. The van der Waals surface area contributed by atoms with Gasteiger partial charge in [0, 0.05) is 12.6 Å². The van der Waals surface area contributed by atoms with E-state index in [1.807, 2.05) is 6.92 Å². The fraction of sp³-hybridized carbons (Fsp3) is 0.875. The predicted molar refractivity (Wildman–Crippen MR) is 46.3 cm³/mol. The van der Waals surface area contributed by atoms with Gasteiger partial charge in [-0.1, -0.05) is 13.8 Å². The van der Waals surface area contributed by atoms with Gasteiger partial charge in [0.2, 0.25) is 0 Å². The molecule has 0 aromatic rings. The van der Waals surface area contributed by atoms with Crippen LogP contribution >= 0.6 is 0 Å². The summed E-state index contributed by atoms with van der Waals surface area (Å²) in [6, 6.07) is 0.0127. The highest BCUT2D eigenvalue weighted by Gasteiger charge is 2.15. The number of nitrogens with two attached hydrogens (primary N) is 1. The van der Waals surface area contributed by atoms with Crippen molar-refractivity contribution in [3.63, 3.8) is 0 Å². The maximum Gasteiger partial charge on any atom is 0.315 e. The molecule has 66 valence electrons. The van der Waals surface area contributed by atoms with Crippen LogP contribution < -0.4 is 5.73 Å². The van der Waals surface area contributed by atoms with E-state index in [0.717, 1.165) is 12.8 Å². The number of amides is 2. The van der Waals surface area contributed by atoms with Crippen LogP contribution in [0.25, 0.3) is 0 Å². The number of urea groups is 1. The lowest BCUT2D eigenvalue weighted by Crippen LogP contribution is -2.42. The molecule has 11 heavy (non-hydrogen) atoms. The summed E-state index contributed by atoms with van der Waals surface area (Å²) in [5, 5.41) is 0. The molecule has 0 bridgehead atoms. The van der Waals surface area contributed by atoms with Gasteiger partial charge in [0.05, 0.1) is 0 Å². The van der Waals surface area contributed by atoms with Gasteiger partial charge in [-0.3, -0.25) is 0 Å². The van der Waals surface area contributed by atoms with E-state index < -0.39 is 0 Å². The topological polar surface area (TPSA) is 46.3 Å². The van der Waals surface area contributed by atoms with Crippen molar-refractivity contribution in [3.05, 3.63) is 0 Å². The van der Waals surface area contributed by atoms with Crippen LogP contribution in [0.1, 0.15) is 33.6 Å². The minimum atomic E-state index is -0.304. The summed E-state index contributed by atoms with van der Waals surface area (Å²) in [4.78, 5) is 12.5. The van der Waals surface area contributed by atoms with Crippen LogP contribution in [0.5, 0.6) is 0 Å². The average Bonchev–Trinajstić information content (AvgIpc) is 1.99. The van der Waals surface area contributed by atoms with E-state index in [4.69, 9.17) is 5.73 Å². The van der Waals surface area contributed by atoms with Crippen molar-refractivity contribution >= 4 is 6.03 Å². The van der Waals surface area contributed by atoms with E-state index in [2.05, 4.69) is 13.8 Å². The molecule has 3 nitrogen and oxygen atoms in total. The fourth-order valence-corrected chi connectivity index (χ4v) is 1.32. The van der Waals surface area contributed by atoms with Crippen molar-refractivity contribution in [1.82, 2.24) is 4.90 Å². The summed E-state index contributed by atoms with van der Waals surface area (Å²) in [6.07, 6.45) is 1.96. The molecular weight excluding hydrogens is 140 g/mol. The Morgan fingerprint density at radius 3 is 1.91 bits per heavy atom. The molecule has 0 rings (SSSR count). The summed E-state index contributed by atoms with van der Waals surface area (Å²) in [7, 11) is 0. The Hall–Kier alpha value is -0.730. The van der Waals surface area contributed by atoms with Crippen LogP contribution in [0.4, 0.5) is 4.79 Å². The quantitative estimate of drug-likeness (QED) is 0.663. The Balaban J connectivity index is 4.09. The molecule has 0 aliphatic rings. The van der Waals surface area contributed by atoms with Crippen molar-refractivity contribution in [1.29, 1.82) is 0 Å². The first-order valence-corrected chi connectivity index (χ1v) is 4.23. The van der Waals surface area contributed by atoms with Crippen LogP contribution in [0.3, 0.4) is 0 Å². The SMILES string of the molecule is CCC(CC)N(CC)C(N)=O. The van der Waals surface area contributed by atoms with Gasteiger partial charge in [-0.2, -0.15) is 0 Å². The van der Waals surface area contributed by atoms with Gasteiger partial charge in [-0.05, 0) is 19.8 Å². The molecule has 0 aliphatic heterocycles. The Morgan fingerprint density at radius 2 is 1.82 bits per heavy atom. The van der Waals surface area contributed by atoms with Crippen molar-refractivity contribution in [2.24, 2.45) is 5.73 Å². The third-order valence-corrected chi connectivity index (χ3v) is 2.01. The number of primary amides is 1. The van der Waals surface area contributed by atoms with Gasteiger partial charge < -0.3 is 10.6 Å². The van der Waals surface area contributed by atoms with Crippen LogP contribution in [-0.2, 0) is 0 Å². The molecule has 0 aromatic heterocycles. The van der Waals surface area contributed by atoms with Gasteiger partial charge >= 0.3 is 6.03 Å². The molecule has 0 atom stereocenters. The number of hydrogen-bond donors (Lipinski definition) is 1. The fourth-order valence-electron chi connectivity index (χ4n) is 1.32. The molecular formula is C8H18N2O. The van der Waals surface area contributed by atoms with Gasteiger partial charge in [-0.15, -0.1) is 0 Å². The highest BCUT2D eigenvalue weighted by atomic mass is 16.2. The zero-order chi connectivity index (χ0) is 8.85. The van der Waals surface area contributed by atoms with Crippen molar-refractivity contribution in [3.8, 4) is 0 Å². The number of rotatable bonds is 4. The maximum absolute atomic E-state index is 10.8. The summed E-state index contributed by atoms with van der Waals surface area (Å²) in [5.74, 6) is 0. The highest BCUT2D eigenvalue weighted by molar-refractivity contribution is 5.72. The zero-order valence-electron chi connectivity index (χ0n) is 7.63. The van der Waals surface area contributed by atoms with Gasteiger partial charge in [-0.25, -0.2) is 4.79 Å². The van der Waals surface area contributed by atoms with Gasteiger partial charge in [0.25, 0.3) is 0 Å². The molecule has 0 radical (unpaired) electrons. The number of carbonyl (C=O) groups excluding carboxylic acids is 1. The summed E-state index contributed by atoms with van der Waals surface area (Å²) >= 11 is 0. The molecule has 0 heterocycles. The second-order valence-electron chi connectivity index (χ2n) is 2.59. The number of nitrogens with zero attached hydrogens (tertiary/aromatic N) is 1. The van der Waals surface area contributed by atoms with Gasteiger partial charge in [0.1, 0.15) is 0 Å². The number of carbonyl (C=O) groups is 1. The van der Waals surface area contributed by atoms with E-state index in [1.54, 1.807) is 4.90 Å². The molecule has 2 amide bonds. The molecule has 0 aromatic carbocycles. The Kier molecular flexibility index (Phi) is 4.66.